The average molecular weight is 1240 g/mol. The number of nitrogens with one attached hydrogen (secondary N) is 1. The van der Waals surface area contributed by atoms with E-state index in [4.69, 9.17) is 4.74 Å². The van der Waals surface area contributed by atoms with Gasteiger partial charge in [-0.15, -0.1) is 0 Å². The summed E-state index contributed by atoms with van der Waals surface area (Å²) in [6, 6.07) is -0.627. The van der Waals surface area contributed by atoms with Gasteiger partial charge in [-0.05, 0) is 89.9 Å². The van der Waals surface area contributed by atoms with E-state index in [1.54, 1.807) is 6.08 Å². The Balaban J connectivity index is 3.38. The van der Waals surface area contributed by atoms with Gasteiger partial charge in [-0.3, -0.25) is 9.59 Å². The number of carbonyl (C=O) groups is 2. The highest BCUT2D eigenvalue weighted by Gasteiger charge is 2.18. The highest BCUT2D eigenvalue weighted by Crippen LogP contribution is 2.19. The summed E-state index contributed by atoms with van der Waals surface area (Å²) in [5, 5.41) is 23.3. The number of ether oxygens (including phenoxy) is 1. The maximum Gasteiger partial charge on any atom is 0.305 e. The zero-order valence-corrected chi connectivity index (χ0v) is 59.5. The zero-order chi connectivity index (χ0) is 63.5. The third-order valence-corrected chi connectivity index (χ3v) is 18.6. The number of esters is 1. The minimum atomic E-state index is -0.844. The van der Waals surface area contributed by atoms with Crippen molar-refractivity contribution in [3.05, 3.63) is 48.6 Å². The molecule has 1 amide bonds. The van der Waals surface area contributed by atoms with E-state index in [1.165, 1.54) is 360 Å². The van der Waals surface area contributed by atoms with Crippen LogP contribution < -0.4 is 5.32 Å². The van der Waals surface area contributed by atoms with Crippen molar-refractivity contribution >= 4 is 11.9 Å². The monoisotopic (exact) mass is 1230 g/mol. The first-order chi connectivity index (χ1) is 43.5. The average Bonchev–Trinajstić information content (AvgIpc) is 3.58. The zero-order valence-electron chi connectivity index (χ0n) is 59.5. The number of unbranched alkanes of at least 4 members (excludes halogenated alkanes) is 58. The highest BCUT2D eigenvalue weighted by molar-refractivity contribution is 5.76. The Morgan fingerprint density at radius 2 is 0.568 bits per heavy atom. The fraction of sp³-hybridized carbons (Fsp3) is 0.878. The Labute approximate surface area is 550 Å². The number of amides is 1. The molecular formula is C82H155NO5. The summed E-state index contributed by atoms with van der Waals surface area (Å²) in [5.74, 6) is -0.0552. The SMILES string of the molecule is CCCCCC/C=C\C/C=C\CCCCCCCC(=O)OCCCCCCCCCCCCCC/C=C\CCCCCCCCCCCCCCCCCCCC(=O)NC(CO)C(O)/C=C/CCCCCCCCCCCCCCCCCCCCCC. The summed E-state index contributed by atoms with van der Waals surface area (Å²) >= 11 is 0. The Hall–Kier alpha value is -2.18. The molecule has 0 rings (SSSR count). The van der Waals surface area contributed by atoms with E-state index >= 15 is 0 Å². The smallest absolute Gasteiger partial charge is 0.305 e. The summed E-state index contributed by atoms with van der Waals surface area (Å²) in [7, 11) is 0. The van der Waals surface area contributed by atoms with Gasteiger partial charge in [0.05, 0.1) is 25.4 Å². The number of hydrogen-bond acceptors (Lipinski definition) is 5. The summed E-state index contributed by atoms with van der Waals surface area (Å²) in [6.45, 7) is 4.92. The van der Waals surface area contributed by atoms with Gasteiger partial charge < -0.3 is 20.3 Å². The molecule has 0 aliphatic rings. The van der Waals surface area contributed by atoms with Gasteiger partial charge >= 0.3 is 5.97 Å². The molecule has 0 aromatic rings. The van der Waals surface area contributed by atoms with Crippen molar-refractivity contribution in [2.45, 2.75) is 450 Å². The minimum absolute atomic E-state index is 0.00540. The van der Waals surface area contributed by atoms with Crippen LogP contribution in [0.5, 0.6) is 0 Å². The molecule has 518 valence electrons. The van der Waals surface area contributed by atoms with Crippen molar-refractivity contribution in [1.29, 1.82) is 0 Å². The van der Waals surface area contributed by atoms with E-state index in [0.29, 0.717) is 19.4 Å². The van der Waals surface area contributed by atoms with Crippen molar-refractivity contribution in [3.8, 4) is 0 Å². The number of hydrogen-bond donors (Lipinski definition) is 3. The lowest BCUT2D eigenvalue weighted by atomic mass is 10.0. The van der Waals surface area contributed by atoms with E-state index in [2.05, 4.69) is 55.6 Å². The molecule has 6 heteroatoms. The molecule has 3 N–H and O–H groups in total. The predicted molar refractivity (Wildman–Crippen MR) is 389 cm³/mol. The van der Waals surface area contributed by atoms with Crippen LogP contribution in [0, 0.1) is 0 Å². The minimum Gasteiger partial charge on any atom is -0.466 e. The second kappa shape index (κ2) is 77.3. The quantitative estimate of drug-likeness (QED) is 0.0320. The van der Waals surface area contributed by atoms with Crippen LogP contribution in [-0.2, 0) is 14.3 Å². The van der Waals surface area contributed by atoms with Crippen LogP contribution in [0.3, 0.4) is 0 Å². The van der Waals surface area contributed by atoms with Crippen molar-refractivity contribution in [2.24, 2.45) is 0 Å². The molecule has 2 unspecified atom stereocenters. The lowest BCUT2D eigenvalue weighted by molar-refractivity contribution is -0.143. The summed E-state index contributed by atoms with van der Waals surface area (Å²) in [5.41, 5.74) is 0. The number of aliphatic hydroxyl groups excluding tert-OH is 2. The van der Waals surface area contributed by atoms with Gasteiger partial charge in [-0.1, -0.05) is 383 Å². The summed E-state index contributed by atoms with van der Waals surface area (Å²) in [6.07, 6.45) is 102. The molecule has 0 saturated heterocycles. The topological polar surface area (TPSA) is 95.9 Å². The molecule has 6 nitrogen and oxygen atoms in total. The van der Waals surface area contributed by atoms with Crippen molar-refractivity contribution < 1.29 is 24.5 Å². The molecule has 88 heavy (non-hydrogen) atoms. The van der Waals surface area contributed by atoms with E-state index in [-0.39, 0.29) is 18.5 Å². The van der Waals surface area contributed by atoms with E-state index in [1.807, 2.05) is 6.08 Å². The molecule has 0 saturated carbocycles. The molecule has 0 bridgehead atoms. The van der Waals surface area contributed by atoms with E-state index in [0.717, 1.165) is 51.4 Å². The Bertz CT molecular complexity index is 1470. The molecular weight excluding hydrogens is 1080 g/mol. The first kappa shape index (κ1) is 85.8. The number of aliphatic hydroxyl groups is 2. The predicted octanol–water partition coefficient (Wildman–Crippen LogP) is 26.4. The normalized spacial score (nSPS) is 12.7. The van der Waals surface area contributed by atoms with Crippen molar-refractivity contribution in [2.75, 3.05) is 13.2 Å². The van der Waals surface area contributed by atoms with Crippen LogP contribution in [0.25, 0.3) is 0 Å². The van der Waals surface area contributed by atoms with Crippen molar-refractivity contribution in [1.82, 2.24) is 5.32 Å². The number of carbonyl (C=O) groups excluding carboxylic acids is 2. The van der Waals surface area contributed by atoms with Crippen LogP contribution in [0.2, 0.25) is 0 Å². The third kappa shape index (κ3) is 72.9. The van der Waals surface area contributed by atoms with Crippen molar-refractivity contribution in [3.63, 3.8) is 0 Å². The lowest BCUT2D eigenvalue weighted by Gasteiger charge is -2.20. The third-order valence-electron chi connectivity index (χ3n) is 18.6. The second-order valence-electron chi connectivity index (χ2n) is 27.4. The fourth-order valence-electron chi connectivity index (χ4n) is 12.5. The van der Waals surface area contributed by atoms with Crippen LogP contribution >= 0.6 is 0 Å². The van der Waals surface area contributed by atoms with E-state index in [9.17, 15) is 19.8 Å². The molecule has 0 fully saturated rings. The highest BCUT2D eigenvalue weighted by atomic mass is 16.5. The number of allylic oxidation sites excluding steroid dienone is 7. The van der Waals surface area contributed by atoms with Crippen LogP contribution in [-0.4, -0.2) is 47.4 Å². The first-order valence-corrected chi connectivity index (χ1v) is 39.9. The molecule has 0 aromatic carbocycles. The molecule has 0 aliphatic carbocycles. The molecule has 0 spiro atoms. The largest absolute Gasteiger partial charge is 0.466 e. The van der Waals surface area contributed by atoms with E-state index < -0.39 is 12.1 Å². The lowest BCUT2D eigenvalue weighted by Crippen LogP contribution is -2.45. The Morgan fingerprint density at radius 1 is 0.318 bits per heavy atom. The molecule has 0 aromatic heterocycles. The van der Waals surface area contributed by atoms with Gasteiger partial charge in [-0.25, -0.2) is 0 Å². The molecule has 2 atom stereocenters. The van der Waals surface area contributed by atoms with Gasteiger partial charge in [0, 0.05) is 12.8 Å². The maximum atomic E-state index is 12.5. The first-order valence-electron chi connectivity index (χ1n) is 39.9. The number of rotatable bonds is 75. The fourth-order valence-corrected chi connectivity index (χ4v) is 12.5. The second-order valence-corrected chi connectivity index (χ2v) is 27.4. The van der Waals surface area contributed by atoms with Gasteiger partial charge in [-0.2, -0.15) is 0 Å². The summed E-state index contributed by atoms with van der Waals surface area (Å²) in [4.78, 5) is 24.6. The van der Waals surface area contributed by atoms with Crippen LogP contribution in [0.4, 0.5) is 0 Å². The summed E-state index contributed by atoms with van der Waals surface area (Å²) < 4.78 is 5.50. The molecule has 0 aliphatic heterocycles. The van der Waals surface area contributed by atoms with Crippen LogP contribution in [0.1, 0.15) is 438 Å². The van der Waals surface area contributed by atoms with Gasteiger partial charge in [0.25, 0.3) is 0 Å². The van der Waals surface area contributed by atoms with Gasteiger partial charge in [0.15, 0.2) is 0 Å². The molecule has 0 radical (unpaired) electrons. The van der Waals surface area contributed by atoms with Gasteiger partial charge in [0.2, 0.25) is 5.91 Å². The van der Waals surface area contributed by atoms with Gasteiger partial charge in [0.1, 0.15) is 0 Å². The molecule has 0 heterocycles. The van der Waals surface area contributed by atoms with Crippen LogP contribution in [0.15, 0.2) is 48.6 Å². The Kier molecular flexibility index (Phi) is 75.4. The standard InChI is InChI=1S/C82H155NO5/c1-3-5-7-9-11-13-15-17-19-21-22-23-37-40-43-46-50-54-58-62-66-70-74-80(85)79(78-84)83-81(86)75-71-67-63-59-55-51-47-44-41-38-35-33-31-29-27-25-24-26-28-30-32-34-36-39-42-45-49-53-57-61-65-69-73-77-88-82(87)76-72-68-64-60-56-52-48-20-18-16-14-12-10-8-6-4-2/h14,16,20,28,30,48,70,74,79-80,84-85H,3-13,15,17-19,21-27,29,31-47,49-69,71-73,75-78H2,1-2H3,(H,83,86)/b16-14-,30-28-,48-20-,74-70+. The Morgan fingerprint density at radius 3 is 0.886 bits per heavy atom. The maximum absolute atomic E-state index is 12.5.